The first-order valence-electron chi connectivity index (χ1n) is 7.97. The molecule has 5 nitrogen and oxygen atoms in total. The predicted octanol–water partition coefficient (Wildman–Crippen LogP) is 3.36. The number of carbonyl (C=O) groups excluding carboxylic acids is 1. The number of aryl methyl sites for hydroxylation is 2. The molecule has 4 rings (SSSR count). The third-order valence-electron chi connectivity index (χ3n) is 4.36. The Labute approximate surface area is 148 Å². The van der Waals surface area contributed by atoms with Crippen LogP contribution in [0.5, 0.6) is 0 Å². The maximum absolute atomic E-state index is 11.7. The molecule has 4 heterocycles. The second-order valence-corrected chi connectivity index (χ2v) is 8.05. The van der Waals surface area contributed by atoms with Gasteiger partial charge in [-0.3, -0.25) is 4.79 Å². The highest BCUT2D eigenvalue weighted by molar-refractivity contribution is 7.19. The lowest BCUT2D eigenvalue weighted by Crippen LogP contribution is -2.29. The van der Waals surface area contributed by atoms with Crippen molar-refractivity contribution >= 4 is 44.6 Å². The van der Waals surface area contributed by atoms with Crippen LogP contribution in [0.3, 0.4) is 0 Å². The Kier molecular flexibility index (Phi) is 3.97. The number of thiophene rings is 2. The summed E-state index contributed by atoms with van der Waals surface area (Å²) in [5.74, 6) is 1.85. The molecule has 0 spiro atoms. The van der Waals surface area contributed by atoms with Crippen molar-refractivity contribution in [1.29, 1.82) is 0 Å². The SMILES string of the molecule is Cc1sc2nc(-c3cccs3)nc(N3CCNC(=O)CC3)c2c1C. The zero-order valence-corrected chi connectivity index (χ0v) is 15.3. The summed E-state index contributed by atoms with van der Waals surface area (Å²) in [7, 11) is 0. The van der Waals surface area contributed by atoms with E-state index in [1.807, 2.05) is 11.4 Å². The lowest BCUT2D eigenvalue weighted by Gasteiger charge is -2.22. The normalized spacial score (nSPS) is 15.6. The summed E-state index contributed by atoms with van der Waals surface area (Å²) >= 11 is 3.37. The largest absolute Gasteiger partial charge is 0.354 e. The monoisotopic (exact) mass is 358 g/mol. The molecule has 0 aliphatic carbocycles. The molecule has 0 unspecified atom stereocenters. The maximum Gasteiger partial charge on any atom is 0.221 e. The van der Waals surface area contributed by atoms with E-state index >= 15 is 0 Å². The van der Waals surface area contributed by atoms with Crippen LogP contribution < -0.4 is 10.2 Å². The molecule has 0 atom stereocenters. The van der Waals surface area contributed by atoms with Crippen LogP contribution in [0.4, 0.5) is 5.82 Å². The van der Waals surface area contributed by atoms with E-state index < -0.39 is 0 Å². The minimum absolute atomic E-state index is 0.111. The summed E-state index contributed by atoms with van der Waals surface area (Å²) in [5, 5.41) is 6.11. The highest BCUT2D eigenvalue weighted by Crippen LogP contribution is 2.37. The number of carbonyl (C=O) groups is 1. The first-order valence-corrected chi connectivity index (χ1v) is 9.66. The van der Waals surface area contributed by atoms with Crippen LogP contribution in [0.15, 0.2) is 17.5 Å². The molecule has 0 saturated carbocycles. The van der Waals surface area contributed by atoms with E-state index in [4.69, 9.17) is 9.97 Å². The second kappa shape index (κ2) is 6.14. The molecule has 1 amide bonds. The molecular weight excluding hydrogens is 340 g/mol. The zero-order valence-electron chi connectivity index (χ0n) is 13.6. The van der Waals surface area contributed by atoms with Crippen LogP contribution >= 0.6 is 22.7 Å². The number of hydrogen-bond acceptors (Lipinski definition) is 6. The van der Waals surface area contributed by atoms with Gasteiger partial charge in [0.1, 0.15) is 10.6 Å². The molecule has 124 valence electrons. The van der Waals surface area contributed by atoms with Crippen LogP contribution in [-0.2, 0) is 4.79 Å². The average Bonchev–Trinajstić information content (AvgIpc) is 3.13. The fraction of sp³-hybridized carbons (Fsp3) is 0.353. The van der Waals surface area contributed by atoms with Crippen LogP contribution in [0.25, 0.3) is 20.9 Å². The first kappa shape index (κ1) is 15.5. The number of rotatable bonds is 2. The Bertz CT molecular complexity index is 901. The Balaban J connectivity index is 1.89. The smallest absolute Gasteiger partial charge is 0.221 e. The van der Waals surface area contributed by atoms with Crippen LogP contribution in [-0.4, -0.2) is 35.5 Å². The Morgan fingerprint density at radius 2 is 2.12 bits per heavy atom. The number of anilines is 1. The van der Waals surface area contributed by atoms with Gasteiger partial charge in [-0.25, -0.2) is 9.97 Å². The lowest BCUT2D eigenvalue weighted by molar-refractivity contribution is -0.120. The Hall–Kier alpha value is -1.99. The van der Waals surface area contributed by atoms with E-state index in [2.05, 4.69) is 30.1 Å². The number of nitrogens with zero attached hydrogens (tertiary/aromatic N) is 3. The van der Waals surface area contributed by atoms with Gasteiger partial charge in [-0.2, -0.15) is 0 Å². The topological polar surface area (TPSA) is 58.1 Å². The van der Waals surface area contributed by atoms with E-state index in [0.29, 0.717) is 19.5 Å². The van der Waals surface area contributed by atoms with Crippen molar-refractivity contribution in [2.45, 2.75) is 20.3 Å². The van der Waals surface area contributed by atoms with E-state index in [-0.39, 0.29) is 5.91 Å². The summed E-state index contributed by atoms with van der Waals surface area (Å²) in [5.41, 5.74) is 1.24. The van der Waals surface area contributed by atoms with Crippen molar-refractivity contribution in [2.75, 3.05) is 24.5 Å². The van der Waals surface area contributed by atoms with Gasteiger partial charge < -0.3 is 10.2 Å². The van der Waals surface area contributed by atoms with Crippen LogP contribution in [0, 0.1) is 13.8 Å². The third kappa shape index (κ3) is 2.67. The molecule has 1 N–H and O–H groups in total. The van der Waals surface area contributed by atoms with E-state index in [0.717, 1.165) is 33.3 Å². The van der Waals surface area contributed by atoms with Gasteiger partial charge in [-0.1, -0.05) is 6.07 Å². The highest BCUT2D eigenvalue weighted by Gasteiger charge is 2.22. The van der Waals surface area contributed by atoms with Crippen molar-refractivity contribution in [3.05, 3.63) is 28.0 Å². The fourth-order valence-electron chi connectivity index (χ4n) is 2.95. The van der Waals surface area contributed by atoms with Gasteiger partial charge in [-0.05, 0) is 30.9 Å². The van der Waals surface area contributed by atoms with Crippen LogP contribution in [0.2, 0.25) is 0 Å². The van der Waals surface area contributed by atoms with Gasteiger partial charge in [0.05, 0.1) is 10.3 Å². The Morgan fingerprint density at radius 3 is 2.92 bits per heavy atom. The van der Waals surface area contributed by atoms with Crippen molar-refractivity contribution in [1.82, 2.24) is 15.3 Å². The number of amides is 1. The second-order valence-electron chi connectivity index (χ2n) is 5.90. The average molecular weight is 358 g/mol. The molecule has 1 aliphatic heterocycles. The lowest BCUT2D eigenvalue weighted by atomic mass is 10.2. The Morgan fingerprint density at radius 1 is 1.25 bits per heavy atom. The molecule has 3 aromatic heterocycles. The maximum atomic E-state index is 11.7. The summed E-state index contributed by atoms with van der Waals surface area (Å²) in [6.45, 7) is 6.38. The molecule has 7 heteroatoms. The quantitative estimate of drug-likeness (QED) is 0.763. The van der Waals surface area contributed by atoms with Crippen molar-refractivity contribution in [3.63, 3.8) is 0 Å². The standard InChI is InChI=1S/C17H18N4OS2/c1-10-11(2)24-17-14(10)16(21-7-5-13(22)18-6-8-21)19-15(20-17)12-4-3-9-23-12/h3-4,9H,5-8H2,1-2H3,(H,18,22). The van der Waals surface area contributed by atoms with Gasteiger partial charge in [0.15, 0.2) is 5.82 Å². The van der Waals surface area contributed by atoms with Crippen molar-refractivity contribution < 1.29 is 4.79 Å². The van der Waals surface area contributed by atoms with E-state index in [9.17, 15) is 4.79 Å². The molecule has 0 radical (unpaired) electrons. The minimum atomic E-state index is 0.111. The van der Waals surface area contributed by atoms with E-state index in [1.165, 1.54) is 10.4 Å². The van der Waals surface area contributed by atoms with Gasteiger partial charge in [-0.15, -0.1) is 22.7 Å². The van der Waals surface area contributed by atoms with Crippen molar-refractivity contribution in [3.8, 4) is 10.7 Å². The summed E-state index contributed by atoms with van der Waals surface area (Å²) in [6, 6.07) is 4.07. The summed E-state index contributed by atoms with van der Waals surface area (Å²) < 4.78 is 0. The molecule has 1 saturated heterocycles. The first-order chi connectivity index (χ1) is 11.6. The zero-order chi connectivity index (χ0) is 16.7. The fourth-order valence-corrected chi connectivity index (χ4v) is 4.63. The number of fused-ring (bicyclic) bond motifs is 1. The molecular formula is C17H18N4OS2. The van der Waals surface area contributed by atoms with Gasteiger partial charge in [0.2, 0.25) is 5.91 Å². The van der Waals surface area contributed by atoms with Gasteiger partial charge >= 0.3 is 0 Å². The molecule has 0 aromatic carbocycles. The number of nitrogens with one attached hydrogen (secondary N) is 1. The third-order valence-corrected chi connectivity index (χ3v) is 6.33. The molecule has 1 aliphatic rings. The van der Waals surface area contributed by atoms with Gasteiger partial charge in [0.25, 0.3) is 0 Å². The molecule has 3 aromatic rings. The highest BCUT2D eigenvalue weighted by atomic mass is 32.1. The van der Waals surface area contributed by atoms with E-state index in [1.54, 1.807) is 22.7 Å². The molecule has 24 heavy (non-hydrogen) atoms. The minimum Gasteiger partial charge on any atom is -0.354 e. The van der Waals surface area contributed by atoms with Crippen molar-refractivity contribution in [2.24, 2.45) is 0 Å². The summed E-state index contributed by atoms with van der Waals surface area (Å²) in [4.78, 5) is 27.0. The van der Waals surface area contributed by atoms with Crippen LogP contribution in [0.1, 0.15) is 16.9 Å². The number of aromatic nitrogens is 2. The molecule has 1 fully saturated rings. The summed E-state index contributed by atoms with van der Waals surface area (Å²) in [6.07, 6.45) is 0.502. The van der Waals surface area contributed by atoms with Gasteiger partial charge in [0, 0.05) is 30.9 Å². The molecule has 0 bridgehead atoms. The predicted molar refractivity (Wildman–Crippen MR) is 100 cm³/mol. The number of hydrogen-bond donors (Lipinski definition) is 1.